The number of anilines is 1. The fourth-order valence-corrected chi connectivity index (χ4v) is 1.94. The summed E-state index contributed by atoms with van der Waals surface area (Å²) in [6.07, 6.45) is 1.65. The maximum absolute atomic E-state index is 10.5. The topological polar surface area (TPSA) is 68.1 Å². The Bertz CT molecular complexity index is 579. The minimum atomic E-state index is -0.417. The Morgan fingerprint density at radius 3 is 2.58 bits per heavy atom. The molecule has 1 N–H and O–H groups in total. The lowest BCUT2D eigenvalue weighted by Crippen LogP contribution is -2.02. The van der Waals surface area contributed by atoms with Gasteiger partial charge in [0.15, 0.2) is 5.15 Å². The number of nitrogens with one attached hydrogen (secondary N) is 1. The Labute approximate surface area is 115 Å². The number of aryl methyl sites for hydroxylation is 1. The quantitative estimate of drug-likeness (QED) is 0.527. The van der Waals surface area contributed by atoms with Crippen LogP contribution in [0, 0.1) is 17.0 Å². The molecule has 0 spiro atoms. The van der Waals surface area contributed by atoms with Crippen LogP contribution in [0.2, 0.25) is 5.15 Å². The van der Waals surface area contributed by atoms with Crippen molar-refractivity contribution >= 4 is 23.0 Å². The van der Waals surface area contributed by atoms with Crippen molar-refractivity contribution in [1.82, 2.24) is 4.98 Å². The minimum Gasteiger partial charge on any atom is -0.378 e. The third kappa shape index (κ3) is 3.20. The summed E-state index contributed by atoms with van der Waals surface area (Å²) < 4.78 is 0. The zero-order chi connectivity index (χ0) is 13.8. The summed E-state index contributed by atoms with van der Waals surface area (Å²) in [5.41, 5.74) is 2.80. The first-order chi connectivity index (χ1) is 9.08. The maximum atomic E-state index is 10.5. The lowest BCUT2D eigenvalue weighted by molar-refractivity contribution is -0.384. The van der Waals surface area contributed by atoms with Gasteiger partial charge >= 0.3 is 0 Å². The Hall–Kier alpha value is -2.14. The van der Waals surface area contributed by atoms with Gasteiger partial charge in [-0.05, 0) is 24.1 Å². The van der Waals surface area contributed by atoms with E-state index in [1.54, 1.807) is 18.3 Å². The zero-order valence-corrected chi connectivity index (χ0v) is 11.0. The summed E-state index contributed by atoms with van der Waals surface area (Å²) in [5.74, 6) is 0. The molecule has 0 fully saturated rings. The number of aromatic nitrogens is 1. The third-order valence-corrected chi connectivity index (χ3v) is 3.02. The molecule has 1 aromatic carbocycles. The molecule has 98 valence electrons. The van der Waals surface area contributed by atoms with E-state index in [4.69, 9.17) is 11.6 Å². The minimum absolute atomic E-state index is 0.0827. The number of hydrogen-bond donors (Lipinski definition) is 1. The summed E-state index contributed by atoms with van der Waals surface area (Å²) in [6.45, 7) is 2.47. The molecule has 0 aliphatic heterocycles. The van der Waals surface area contributed by atoms with Gasteiger partial charge in [0.05, 0.1) is 10.6 Å². The van der Waals surface area contributed by atoms with Crippen LogP contribution in [-0.2, 0) is 6.54 Å². The van der Waals surface area contributed by atoms with Crippen molar-refractivity contribution in [3.63, 3.8) is 0 Å². The first kappa shape index (κ1) is 13.3. The molecule has 0 amide bonds. The van der Waals surface area contributed by atoms with E-state index in [-0.39, 0.29) is 5.69 Å². The summed E-state index contributed by atoms with van der Waals surface area (Å²) in [4.78, 5) is 14.1. The number of benzene rings is 1. The largest absolute Gasteiger partial charge is 0.378 e. The highest BCUT2D eigenvalue weighted by atomic mass is 35.5. The van der Waals surface area contributed by atoms with Crippen molar-refractivity contribution in [2.24, 2.45) is 0 Å². The standard InChI is InChI=1S/C13H12ClN3O2/c1-9-6-7-15-13(14)12(9)16-8-10-2-4-11(5-3-10)17(18)19/h2-7,16H,8H2,1H3. The van der Waals surface area contributed by atoms with Crippen LogP contribution in [0.15, 0.2) is 36.5 Å². The highest BCUT2D eigenvalue weighted by Gasteiger charge is 2.06. The Balaban J connectivity index is 2.08. The Kier molecular flexibility index (Phi) is 3.97. The molecule has 0 unspecified atom stereocenters. The van der Waals surface area contributed by atoms with E-state index in [9.17, 15) is 10.1 Å². The molecule has 0 bridgehead atoms. The van der Waals surface area contributed by atoms with Crippen LogP contribution in [0.3, 0.4) is 0 Å². The highest BCUT2D eigenvalue weighted by molar-refractivity contribution is 6.32. The van der Waals surface area contributed by atoms with Crippen LogP contribution in [0.4, 0.5) is 11.4 Å². The highest BCUT2D eigenvalue weighted by Crippen LogP contribution is 2.23. The Morgan fingerprint density at radius 2 is 2.00 bits per heavy atom. The average Bonchev–Trinajstić information content (AvgIpc) is 2.38. The monoisotopic (exact) mass is 277 g/mol. The van der Waals surface area contributed by atoms with Crippen LogP contribution in [0.25, 0.3) is 0 Å². The number of nitro groups is 1. The number of nitro benzene ring substituents is 1. The van der Waals surface area contributed by atoms with E-state index in [0.29, 0.717) is 11.7 Å². The molecule has 0 saturated carbocycles. The third-order valence-electron chi connectivity index (χ3n) is 2.73. The maximum Gasteiger partial charge on any atom is 0.269 e. The van der Waals surface area contributed by atoms with E-state index >= 15 is 0 Å². The molecule has 0 aliphatic carbocycles. The van der Waals surface area contributed by atoms with Gasteiger partial charge in [-0.2, -0.15) is 0 Å². The van der Waals surface area contributed by atoms with Crippen LogP contribution in [0.5, 0.6) is 0 Å². The van der Waals surface area contributed by atoms with Crippen LogP contribution >= 0.6 is 11.6 Å². The van der Waals surface area contributed by atoms with Crippen LogP contribution in [0.1, 0.15) is 11.1 Å². The summed E-state index contributed by atoms with van der Waals surface area (Å²) in [6, 6.07) is 8.25. The molecule has 0 radical (unpaired) electrons. The van der Waals surface area contributed by atoms with Gasteiger partial charge in [-0.3, -0.25) is 10.1 Å². The van der Waals surface area contributed by atoms with E-state index in [1.165, 1.54) is 12.1 Å². The molecule has 0 saturated heterocycles. The molecule has 2 aromatic rings. The van der Waals surface area contributed by atoms with E-state index < -0.39 is 4.92 Å². The molecule has 1 aromatic heterocycles. The fraction of sp³-hybridized carbons (Fsp3) is 0.154. The van der Waals surface area contributed by atoms with Crippen molar-refractivity contribution in [3.05, 3.63) is 62.9 Å². The number of nitrogens with zero attached hydrogens (tertiary/aromatic N) is 2. The van der Waals surface area contributed by atoms with Gasteiger partial charge in [0.25, 0.3) is 5.69 Å². The molecule has 0 aliphatic rings. The lowest BCUT2D eigenvalue weighted by atomic mass is 10.2. The van der Waals surface area contributed by atoms with E-state index in [1.807, 2.05) is 13.0 Å². The number of rotatable bonds is 4. The fourth-order valence-electron chi connectivity index (χ4n) is 1.66. The van der Waals surface area contributed by atoms with Crippen molar-refractivity contribution in [1.29, 1.82) is 0 Å². The van der Waals surface area contributed by atoms with Crippen molar-refractivity contribution in [3.8, 4) is 0 Å². The second kappa shape index (κ2) is 5.67. The van der Waals surface area contributed by atoms with Gasteiger partial charge in [-0.1, -0.05) is 23.7 Å². The molecule has 1 heterocycles. The second-order valence-corrected chi connectivity index (χ2v) is 4.43. The lowest BCUT2D eigenvalue weighted by Gasteiger charge is -2.10. The van der Waals surface area contributed by atoms with Crippen LogP contribution < -0.4 is 5.32 Å². The van der Waals surface area contributed by atoms with E-state index in [2.05, 4.69) is 10.3 Å². The van der Waals surface area contributed by atoms with Gasteiger partial charge in [0, 0.05) is 24.9 Å². The summed E-state index contributed by atoms with van der Waals surface area (Å²) in [7, 11) is 0. The number of non-ortho nitro benzene ring substituents is 1. The SMILES string of the molecule is Cc1ccnc(Cl)c1NCc1ccc([N+](=O)[O-])cc1. The number of pyridine rings is 1. The van der Waals surface area contributed by atoms with Gasteiger partial charge in [0.2, 0.25) is 0 Å². The first-order valence-corrected chi connectivity index (χ1v) is 6.04. The van der Waals surface area contributed by atoms with Crippen molar-refractivity contribution < 1.29 is 4.92 Å². The zero-order valence-electron chi connectivity index (χ0n) is 10.3. The predicted molar refractivity (Wildman–Crippen MR) is 74.4 cm³/mol. The predicted octanol–water partition coefficient (Wildman–Crippen LogP) is 3.56. The first-order valence-electron chi connectivity index (χ1n) is 5.66. The van der Waals surface area contributed by atoms with Gasteiger partial charge in [-0.25, -0.2) is 4.98 Å². The molecule has 2 rings (SSSR count). The van der Waals surface area contributed by atoms with E-state index in [0.717, 1.165) is 16.8 Å². The average molecular weight is 278 g/mol. The Morgan fingerprint density at radius 1 is 1.32 bits per heavy atom. The molecule has 6 heteroatoms. The van der Waals surface area contributed by atoms with Crippen LogP contribution in [-0.4, -0.2) is 9.91 Å². The molecule has 0 atom stereocenters. The normalized spacial score (nSPS) is 10.2. The van der Waals surface area contributed by atoms with Crippen molar-refractivity contribution in [2.45, 2.75) is 13.5 Å². The molecular formula is C13H12ClN3O2. The number of hydrogen-bond acceptors (Lipinski definition) is 4. The summed E-state index contributed by atoms with van der Waals surface area (Å²) in [5, 5.41) is 14.1. The van der Waals surface area contributed by atoms with Crippen molar-refractivity contribution in [2.75, 3.05) is 5.32 Å². The summed E-state index contributed by atoms with van der Waals surface area (Å²) >= 11 is 6.00. The molecular weight excluding hydrogens is 266 g/mol. The smallest absolute Gasteiger partial charge is 0.269 e. The number of halogens is 1. The molecule has 19 heavy (non-hydrogen) atoms. The second-order valence-electron chi connectivity index (χ2n) is 4.07. The van der Waals surface area contributed by atoms with Gasteiger partial charge < -0.3 is 5.32 Å². The van der Waals surface area contributed by atoms with Gasteiger partial charge in [-0.15, -0.1) is 0 Å². The van der Waals surface area contributed by atoms with Gasteiger partial charge in [0.1, 0.15) is 0 Å². The molecule has 5 nitrogen and oxygen atoms in total.